The molecular formula is C36H45N7O5S. The van der Waals surface area contributed by atoms with E-state index in [9.17, 15) is 5.26 Å². The quantitative estimate of drug-likeness (QED) is 0.400. The van der Waals surface area contributed by atoms with Gasteiger partial charge in [-0.15, -0.1) is 11.3 Å². The average molecular weight is 688 g/mol. The van der Waals surface area contributed by atoms with Crippen LogP contribution in [0.1, 0.15) is 84.0 Å². The third kappa shape index (κ3) is 4.89. The number of nitrogens with zero attached hydrogens (tertiary/aromatic N) is 6. The van der Waals surface area contributed by atoms with Gasteiger partial charge in [-0.2, -0.15) is 10.2 Å². The topological polar surface area (TPSA) is 145 Å². The number of thiophene rings is 1. The predicted molar refractivity (Wildman–Crippen MR) is 182 cm³/mol. The standard InChI is InChI=1S/C36H45N7O5S/c1-20(26-12-22(44-3)14-42(26)2)47-34-25-15-43(21-16-46-17-21)18-35(10-11-45-19-35)30(25)39-33(40-34)29-23-6-4-8-36(31(23)48-41-29)9-5-7-27-28(36)24(13-37)32(38)49-27/h20-22,26H,4-12,14-19,38H2,1-3H3/t20-,22+,26-,35-,36-/m0/s1. The number of hydrogen-bond acceptors (Lipinski definition) is 13. The van der Waals surface area contributed by atoms with Crippen LogP contribution in [-0.4, -0.2) is 103 Å². The van der Waals surface area contributed by atoms with E-state index in [1.807, 2.05) is 0 Å². The van der Waals surface area contributed by atoms with Crippen LogP contribution in [0.15, 0.2) is 4.52 Å². The number of fused-ring (bicyclic) bond motifs is 6. The number of likely N-dealkylation sites (N-methyl/N-ethyl adjacent to an activating group) is 1. The Kier molecular flexibility index (Phi) is 7.79. The fourth-order valence-corrected chi connectivity index (χ4v) is 10.9. The van der Waals surface area contributed by atoms with Crippen LogP contribution in [0, 0.1) is 11.3 Å². The van der Waals surface area contributed by atoms with E-state index in [0.717, 1.165) is 106 Å². The van der Waals surface area contributed by atoms with Crippen molar-refractivity contribution in [1.29, 1.82) is 5.26 Å². The maximum Gasteiger partial charge on any atom is 0.222 e. The van der Waals surface area contributed by atoms with E-state index in [1.165, 1.54) is 4.88 Å². The van der Waals surface area contributed by atoms with Gasteiger partial charge in [-0.25, -0.2) is 4.98 Å². The Morgan fingerprint density at radius 3 is 2.67 bits per heavy atom. The number of nitriles is 1. The van der Waals surface area contributed by atoms with Crippen molar-refractivity contribution in [1.82, 2.24) is 24.9 Å². The van der Waals surface area contributed by atoms with E-state index in [1.54, 1.807) is 18.4 Å². The van der Waals surface area contributed by atoms with Gasteiger partial charge in [0.05, 0.1) is 59.6 Å². The zero-order valence-electron chi connectivity index (χ0n) is 28.6. The van der Waals surface area contributed by atoms with Gasteiger partial charge in [-0.05, 0) is 70.9 Å². The van der Waals surface area contributed by atoms with Gasteiger partial charge >= 0.3 is 0 Å². The minimum absolute atomic E-state index is 0.126. The number of nitrogens with two attached hydrogens (primary N) is 1. The summed E-state index contributed by atoms with van der Waals surface area (Å²) in [5.74, 6) is 2.03. The Hall–Kier alpha value is -3.12. The van der Waals surface area contributed by atoms with Gasteiger partial charge in [-0.1, -0.05) is 5.16 Å². The Morgan fingerprint density at radius 1 is 1.12 bits per heavy atom. The van der Waals surface area contributed by atoms with Crippen LogP contribution in [-0.2, 0) is 44.4 Å². The largest absolute Gasteiger partial charge is 0.473 e. The summed E-state index contributed by atoms with van der Waals surface area (Å²) in [5, 5.41) is 15.6. The zero-order chi connectivity index (χ0) is 33.5. The van der Waals surface area contributed by atoms with Gasteiger partial charge in [0, 0.05) is 49.8 Å². The van der Waals surface area contributed by atoms with E-state index in [-0.39, 0.29) is 23.7 Å². The molecule has 7 heterocycles. The number of anilines is 1. The van der Waals surface area contributed by atoms with Gasteiger partial charge in [0.25, 0.3) is 0 Å². The van der Waals surface area contributed by atoms with Crippen molar-refractivity contribution in [2.45, 2.75) is 100.0 Å². The molecule has 3 saturated heterocycles. The summed E-state index contributed by atoms with van der Waals surface area (Å²) in [6.45, 7) is 7.35. The van der Waals surface area contributed by atoms with E-state index in [4.69, 9.17) is 44.3 Å². The van der Waals surface area contributed by atoms with Crippen LogP contribution in [0.3, 0.4) is 0 Å². The lowest BCUT2D eigenvalue weighted by atomic mass is 9.63. The molecule has 49 heavy (non-hydrogen) atoms. The van der Waals surface area contributed by atoms with Gasteiger partial charge in [0.2, 0.25) is 5.88 Å². The van der Waals surface area contributed by atoms with Gasteiger partial charge in [-0.3, -0.25) is 9.80 Å². The molecule has 12 nitrogen and oxygen atoms in total. The molecule has 13 heteroatoms. The second-order valence-electron chi connectivity index (χ2n) is 15.2. The van der Waals surface area contributed by atoms with Crippen LogP contribution in [0.2, 0.25) is 0 Å². The molecular weight excluding hydrogens is 643 g/mol. The van der Waals surface area contributed by atoms with E-state index in [0.29, 0.717) is 53.8 Å². The fraction of sp³-hybridized carbons (Fsp3) is 0.667. The first-order valence-electron chi connectivity index (χ1n) is 17.9. The van der Waals surface area contributed by atoms with Crippen LogP contribution in [0.4, 0.5) is 5.00 Å². The lowest BCUT2D eigenvalue weighted by molar-refractivity contribution is -0.0792. The number of nitrogen functional groups attached to an aromatic ring is 1. The molecule has 0 bridgehead atoms. The highest BCUT2D eigenvalue weighted by molar-refractivity contribution is 7.16. The first-order valence-corrected chi connectivity index (χ1v) is 18.7. The van der Waals surface area contributed by atoms with Crippen LogP contribution < -0.4 is 10.5 Å². The number of methoxy groups -OCH3 is 1. The number of aromatic nitrogens is 3. The van der Waals surface area contributed by atoms with E-state index >= 15 is 0 Å². The van der Waals surface area contributed by atoms with Crippen molar-refractivity contribution in [2.75, 3.05) is 59.4 Å². The monoisotopic (exact) mass is 687 g/mol. The molecule has 3 aromatic rings. The third-order valence-corrected chi connectivity index (χ3v) is 13.5. The SMILES string of the molecule is CO[C@@H]1C[C@@H]([C@H](C)Oc2nc(-c3noc4c3CCC[C@@]43CCCc4sc(N)c(C#N)c43)nc3c2CN(C2COC2)C[C@]32CCOC2)N(C)C1. The summed E-state index contributed by atoms with van der Waals surface area (Å²) in [4.78, 5) is 16.7. The molecule has 0 aromatic carbocycles. The van der Waals surface area contributed by atoms with Crippen LogP contribution >= 0.6 is 11.3 Å². The average Bonchev–Trinajstić information content (AvgIpc) is 3.86. The Morgan fingerprint density at radius 2 is 1.96 bits per heavy atom. The molecule has 3 fully saturated rings. The summed E-state index contributed by atoms with van der Waals surface area (Å²) in [7, 11) is 3.92. The molecule has 4 aliphatic heterocycles. The minimum Gasteiger partial charge on any atom is -0.473 e. The first kappa shape index (κ1) is 31.8. The zero-order valence-corrected chi connectivity index (χ0v) is 29.4. The minimum atomic E-state index is -0.412. The fourth-order valence-electron chi connectivity index (χ4n) is 9.75. The van der Waals surface area contributed by atoms with Gasteiger partial charge in [0.15, 0.2) is 17.3 Å². The molecule has 2 spiro atoms. The second kappa shape index (κ2) is 12.0. The highest BCUT2D eigenvalue weighted by atomic mass is 32.1. The molecule has 0 saturated carbocycles. The smallest absolute Gasteiger partial charge is 0.222 e. The normalized spacial score (nSPS) is 30.6. The number of likely N-dealkylation sites (tertiary alicyclic amines) is 1. The highest BCUT2D eigenvalue weighted by Crippen LogP contribution is 2.55. The summed E-state index contributed by atoms with van der Waals surface area (Å²) in [6.07, 6.45) is 7.37. The summed E-state index contributed by atoms with van der Waals surface area (Å²) in [5.41, 5.74) is 11.2. The number of aryl methyl sites for hydroxylation is 1. The summed E-state index contributed by atoms with van der Waals surface area (Å²) < 4.78 is 30.8. The Labute approximate surface area is 290 Å². The van der Waals surface area contributed by atoms with Crippen LogP contribution in [0.25, 0.3) is 11.5 Å². The Balaban J connectivity index is 1.17. The molecule has 3 aromatic heterocycles. The van der Waals surface area contributed by atoms with Crippen molar-refractivity contribution in [3.8, 4) is 23.5 Å². The van der Waals surface area contributed by atoms with Gasteiger partial charge < -0.3 is 29.2 Å². The van der Waals surface area contributed by atoms with Crippen molar-refractivity contribution >= 4 is 16.3 Å². The van der Waals surface area contributed by atoms with Gasteiger partial charge in [0.1, 0.15) is 17.2 Å². The summed E-state index contributed by atoms with van der Waals surface area (Å²) >= 11 is 1.56. The lowest BCUT2D eigenvalue weighted by Crippen LogP contribution is -2.56. The van der Waals surface area contributed by atoms with Crippen molar-refractivity contribution < 1.29 is 23.5 Å². The molecule has 0 unspecified atom stereocenters. The highest BCUT2D eigenvalue weighted by Gasteiger charge is 2.51. The molecule has 9 rings (SSSR count). The molecule has 5 atom stereocenters. The predicted octanol–water partition coefficient (Wildman–Crippen LogP) is 3.96. The van der Waals surface area contributed by atoms with Crippen molar-refractivity contribution in [3.63, 3.8) is 0 Å². The first-order chi connectivity index (χ1) is 23.8. The Bertz CT molecular complexity index is 1810. The lowest BCUT2D eigenvalue weighted by Gasteiger charge is -2.46. The van der Waals surface area contributed by atoms with Crippen molar-refractivity contribution in [3.05, 3.63) is 38.6 Å². The molecule has 2 aliphatic carbocycles. The summed E-state index contributed by atoms with van der Waals surface area (Å²) in [6, 6.07) is 2.98. The molecule has 2 N–H and O–H groups in total. The number of ether oxygens (including phenoxy) is 4. The van der Waals surface area contributed by atoms with Crippen LogP contribution in [0.5, 0.6) is 5.88 Å². The van der Waals surface area contributed by atoms with Crippen molar-refractivity contribution in [2.24, 2.45) is 0 Å². The van der Waals surface area contributed by atoms with E-state index in [2.05, 4.69) is 29.8 Å². The maximum atomic E-state index is 10.2. The molecule has 0 radical (unpaired) electrons. The molecule has 6 aliphatic rings. The number of hydrogen-bond donors (Lipinski definition) is 1. The number of rotatable bonds is 6. The van der Waals surface area contributed by atoms with E-state index < -0.39 is 5.41 Å². The third-order valence-electron chi connectivity index (χ3n) is 12.4. The molecule has 260 valence electrons. The maximum absolute atomic E-state index is 10.2. The molecule has 0 amide bonds. The second-order valence-corrected chi connectivity index (χ2v) is 16.3.